The number of alkyl halides is 3. The highest BCUT2D eigenvalue weighted by molar-refractivity contribution is 5.91. The lowest BCUT2D eigenvalue weighted by Crippen LogP contribution is -2.53. The summed E-state index contributed by atoms with van der Waals surface area (Å²) in [4.78, 5) is 30.6. The van der Waals surface area contributed by atoms with Crippen LogP contribution in [0.25, 0.3) is 22.4 Å². The van der Waals surface area contributed by atoms with Crippen LogP contribution in [0.4, 0.5) is 23.4 Å². The molecular weight excluding hydrogens is 406 g/mol. The SMILES string of the molecule is CCC(CC)(Nc1nc(-c2c[nH]c3nc[nH+]cc23)ncc1F)C(=O)NCC(F)(F)F. The van der Waals surface area contributed by atoms with Crippen LogP contribution in [0.3, 0.4) is 0 Å². The standard InChI is InChI=1S/C18H19F4N7O/c1-3-17(4-2,16(30)26-8-18(20,21)22)29-15-12(19)7-25-14(28-15)11-6-24-13-10(11)5-23-9-27-13/h5-7,9H,3-4,8H2,1-2H3,(H,26,30)(H,23,24,27)(H,25,28,29)/p+1. The highest BCUT2D eigenvalue weighted by atomic mass is 19.4. The van der Waals surface area contributed by atoms with Gasteiger partial charge < -0.3 is 15.6 Å². The number of halogens is 4. The molecule has 8 nitrogen and oxygen atoms in total. The summed E-state index contributed by atoms with van der Waals surface area (Å²) in [6.45, 7) is 1.75. The Hall–Kier alpha value is -3.31. The minimum absolute atomic E-state index is 0.109. The molecule has 0 aliphatic rings. The van der Waals surface area contributed by atoms with Crippen LogP contribution in [0, 0.1) is 5.82 Å². The summed E-state index contributed by atoms with van der Waals surface area (Å²) in [5.41, 5.74) is -0.375. The molecule has 0 saturated heterocycles. The maximum absolute atomic E-state index is 14.4. The third-order valence-electron chi connectivity index (χ3n) is 4.83. The fourth-order valence-electron chi connectivity index (χ4n) is 3.05. The zero-order chi connectivity index (χ0) is 21.9. The number of hydrogen-bond acceptors (Lipinski definition) is 5. The fourth-order valence-corrected chi connectivity index (χ4v) is 3.05. The van der Waals surface area contributed by atoms with E-state index in [-0.39, 0.29) is 24.5 Å². The van der Waals surface area contributed by atoms with Crippen molar-refractivity contribution in [3.63, 3.8) is 0 Å². The van der Waals surface area contributed by atoms with Crippen molar-refractivity contribution in [2.24, 2.45) is 0 Å². The second-order valence-corrected chi connectivity index (χ2v) is 6.64. The summed E-state index contributed by atoms with van der Waals surface area (Å²) < 4.78 is 52.0. The molecular formula is C18H20F4N7O+. The van der Waals surface area contributed by atoms with Gasteiger partial charge in [0.25, 0.3) is 12.0 Å². The number of fused-ring (bicyclic) bond motifs is 1. The lowest BCUT2D eigenvalue weighted by molar-refractivity contribution is -0.380. The van der Waals surface area contributed by atoms with Crippen LogP contribution >= 0.6 is 0 Å². The number of hydrogen-bond donors (Lipinski definition) is 3. The Morgan fingerprint density at radius 1 is 1.23 bits per heavy atom. The van der Waals surface area contributed by atoms with Gasteiger partial charge in [0.1, 0.15) is 18.3 Å². The number of aromatic amines is 2. The van der Waals surface area contributed by atoms with Crippen LogP contribution in [0.1, 0.15) is 26.7 Å². The number of nitrogens with zero attached hydrogens (tertiary/aromatic N) is 3. The van der Waals surface area contributed by atoms with Crippen LogP contribution < -0.4 is 15.6 Å². The number of amides is 1. The number of carbonyl (C=O) groups is 1. The summed E-state index contributed by atoms with van der Waals surface area (Å²) in [7, 11) is 0. The normalized spacial score (nSPS) is 12.2. The third-order valence-corrected chi connectivity index (χ3v) is 4.83. The van der Waals surface area contributed by atoms with Gasteiger partial charge in [0, 0.05) is 6.20 Å². The molecule has 3 aromatic heterocycles. The van der Waals surface area contributed by atoms with Crippen LogP contribution in [-0.2, 0) is 4.79 Å². The van der Waals surface area contributed by atoms with E-state index in [1.54, 1.807) is 26.2 Å². The van der Waals surface area contributed by atoms with Crippen molar-refractivity contribution in [1.29, 1.82) is 0 Å². The van der Waals surface area contributed by atoms with Crippen LogP contribution in [0.2, 0.25) is 0 Å². The lowest BCUT2D eigenvalue weighted by atomic mass is 9.91. The zero-order valence-electron chi connectivity index (χ0n) is 16.2. The Balaban J connectivity index is 1.94. The quantitative estimate of drug-likeness (QED) is 0.503. The molecule has 30 heavy (non-hydrogen) atoms. The van der Waals surface area contributed by atoms with Crippen LogP contribution in [0.5, 0.6) is 0 Å². The molecule has 160 valence electrons. The Labute approximate surface area is 168 Å². The van der Waals surface area contributed by atoms with Gasteiger partial charge in [-0.25, -0.2) is 19.3 Å². The van der Waals surface area contributed by atoms with Crippen molar-refractivity contribution in [3.8, 4) is 11.4 Å². The molecule has 1 amide bonds. The van der Waals surface area contributed by atoms with Gasteiger partial charge in [-0.1, -0.05) is 13.8 Å². The van der Waals surface area contributed by atoms with E-state index in [1.807, 2.05) is 5.32 Å². The molecule has 3 heterocycles. The minimum Gasteiger partial charge on any atom is -0.353 e. The first-order valence-electron chi connectivity index (χ1n) is 9.18. The van der Waals surface area contributed by atoms with Crippen molar-refractivity contribution >= 4 is 22.8 Å². The van der Waals surface area contributed by atoms with Gasteiger partial charge in [-0.15, -0.1) is 0 Å². The predicted octanol–water partition coefficient (Wildman–Crippen LogP) is 2.62. The summed E-state index contributed by atoms with van der Waals surface area (Å²) in [6, 6.07) is 0. The predicted molar refractivity (Wildman–Crippen MR) is 99.6 cm³/mol. The Kier molecular flexibility index (Phi) is 5.85. The van der Waals surface area contributed by atoms with E-state index in [4.69, 9.17) is 0 Å². The molecule has 0 atom stereocenters. The van der Waals surface area contributed by atoms with Crippen LogP contribution in [-0.4, -0.2) is 44.1 Å². The molecule has 3 aromatic rings. The van der Waals surface area contributed by atoms with Crippen molar-refractivity contribution in [1.82, 2.24) is 25.3 Å². The average molecular weight is 426 g/mol. The van der Waals surface area contributed by atoms with Crippen molar-refractivity contribution in [2.45, 2.75) is 38.4 Å². The molecule has 0 aliphatic carbocycles. The number of aromatic nitrogens is 5. The van der Waals surface area contributed by atoms with E-state index in [0.29, 0.717) is 16.6 Å². The summed E-state index contributed by atoms with van der Waals surface area (Å²) in [5, 5.41) is 5.23. The summed E-state index contributed by atoms with van der Waals surface area (Å²) >= 11 is 0. The first-order chi connectivity index (χ1) is 14.2. The maximum atomic E-state index is 14.4. The minimum atomic E-state index is -4.56. The van der Waals surface area contributed by atoms with E-state index in [0.717, 1.165) is 6.20 Å². The van der Waals surface area contributed by atoms with Gasteiger partial charge >= 0.3 is 6.18 Å². The average Bonchev–Trinajstić information content (AvgIpc) is 3.15. The van der Waals surface area contributed by atoms with Crippen molar-refractivity contribution < 1.29 is 27.3 Å². The molecule has 0 spiro atoms. The van der Waals surface area contributed by atoms with E-state index >= 15 is 0 Å². The lowest BCUT2D eigenvalue weighted by Gasteiger charge is -2.32. The Morgan fingerprint density at radius 2 is 1.97 bits per heavy atom. The summed E-state index contributed by atoms with van der Waals surface area (Å²) in [6.07, 6.45) is 1.35. The number of rotatable bonds is 7. The van der Waals surface area contributed by atoms with Gasteiger partial charge in [0.15, 0.2) is 17.5 Å². The molecule has 0 saturated carbocycles. The maximum Gasteiger partial charge on any atom is 0.405 e. The second kappa shape index (κ2) is 8.20. The van der Waals surface area contributed by atoms with E-state index < -0.39 is 30.0 Å². The largest absolute Gasteiger partial charge is 0.405 e. The van der Waals surface area contributed by atoms with Gasteiger partial charge in [-0.3, -0.25) is 4.79 Å². The Bertz CT molecular complexity index is 1050. The molecule has 0 aliphatic heterocycles. The first-order valence-corrected chi connectivity index (χ1v) is 9.18. The smallest absolute Gasteiger partial charge is 0.353 e. The van der Waals surface area contributed by atoms with Gasteiger partial charge in [0.2, 0.25) is 5.91 Å². The van der Waals surface area contributed by atoms with Crippen molar-refractivity contribution in [3.05, 3.63) is 30.7 Å². The molecule has 0 bridgehead atoms. The number of H-pyrrole nitrogens is 2. The number of nitrogens with one attached hydrogen (secondary N) is 4. The fraction of sp³-hybridized carbons (Fsp3) is 0.389. The van der Waals surface area contributed by atoms with E-state index in [2.05, 4.69) is 30.2 Å². The topological polar surface area (TPSA) is 110 Å². The molecule has 0 aromatic carbocycles. The van der Waals surface area contributed by atoms with E-state index in [1.165, 1.54) is 6.33 Å². The third kappa shape index (κ3) is 4.31. The molecule has 0 unspecified atom stereocenters. The highest BCUT2D eigenvalue weighted by Crippen LogP contribution is 2.28. The van der Waals surface area contributed by atoms with Crippen LogP contribution in [0.15, 0.2) is 24.9 Å². The Morgan fingerprint density at radius 3 is 2.63 bits per heavy atom. The zero-order valence-corrected chi connectivity index (χ0v) is 16.2. The molecule has 12 heteroatoms. The number of anilines is 1. The summed E-state index contributed by atoms with van der Waals surface area (Å²) in [5.74, 6) is -1.86. The van der Waals surface area contributed by atoms with Gasteiger partial charge in [0.05, 0.1) is 17.1 Å². The molecule has 4 N–H and O–H groups in total. The molecule has 0 fully saturated rings. The van der Waals surface area contributed by atoms with Gasteiger partial charge in [-0.2, -0.15) is 13.2 Å². The monoisotopic (exact) mass is 426 g/mol. The second-order valence-electron chi connectivity index (χ2n) is 6.64. The number of carbonyl (C=O) groups excluding carboxylic acids is 1. The molecule has 3 rings (SSSR count). The van der Waals surface area contributed by atoms with E-state index in [9.17, 15) is 22.4 Å². The van der Waals surface area contributed by atoms with Gasteiger partial charge in [-0.05, 0) is 17.8 Å². The molecule has 0 radical (unpaired) electrons. The first kappa shape index (κ1) is 21.4. The highest BCUT2D eigenvalue weighted by Gasteiger charge is 2.38. The van der Waals surface area contributed by atoms with Crippen molar-refractivity contribution in [2.75, 3.05) is 11.9 Å².